The highest BCUT2D eigenvalue weighted by molar-refractivity contribution is 14.1. The molecule has 7 rings (SSSR count). The van der Waals surface area contributed by atoms with E-state index in [0.29, 0.717) is 0 Å². The summed E-state index contributed by atoms with van der Waals surface area (Å²) in [5.74, 6) is 0. The molecule has 0 amide bonds. The van der Waals surface area contributed by atoms with Gasteiger partial charge < -0.3 is 0 Å². The number of benzene rings is 4. The minimum absolute atomic E-state index is 1.30. The lowest BCUT2D eigenvalue weighted by atomic mass is 10.2. The predicted octanol–water partition coefficient (Wildman–Crippen LogP) is 10.9. The van der Waals surface area contributed by atoms with Crippen molar-refractivity contribution in [3.05, 3.63) is 106 Å². The molecule has 5 heteroatoms. The molecule has 0 saturated carbocycles. The smallest absolute Gasteiger partial charge is 0.0805 e. The van der Waals surface area contributed by atoms with E-state index in [0.717, 1.165) is 0 Å². The van der Waals surface area contributed by atoms with Crippen LogP contribution in [0.25, 0.3) is 39.7 Å². The van der Waals surface area contributed by atoms with Gasteiger partial charge in [-0.3, -0.25) is 0 Å². The summed E-state index contributed by atoms with van der Waals surface area (Å²) in [5, 5.41) is 4.18. The zero-order valence-corrected chi connectivity index (χ0v) is 22.7. The summed E-state index contributed by atoms with van der Waals surface area (Å²) in [7, 11) is 0. The van der Waals surface area contributed by atoms with Crippen molar-refractivity contribution in [2.75, 3.05) is 0 Å². The molecule has 0 N–H and O–H groups in total. The number of rotatable bonds is 2. The monoisotopic (exact) mass is 608 g/mol. The minimum Gasteiger partial charge on any atom is -0.134 e. The highest BCUT2D eigenvalue weighted by Crippen LogP contribution is 2.44. The Hall–Kier alpha value is -1.90. The molecule has 0 fully saturated rings. The average molecular weight is 609 g/mol. The molecule has 160 valence electrons. The fourth-order valence-electron chi connectivity index (χ4n) is 3.85. The fraction of sp³-hybridized carbons (Fsp3) is 0. The van der Waals surface area contributed by atoms with Gasteiger partial charge in [-0.05, 0) is 52.9 Å². The van der Waals surface area contributed by atoms with Crippen molar-refractivity contribution in [3.63, 3.8) is 0 Å². The summed E-state index contributed by atoms with van der Waals surface area (Å²) in [4.78, 5) is 2.69. The van der Waals surface area contributed by atoms with Crippen LogP contribution in [0.1, 0.15) is 0 Å². The second-order valence-electron chi connectivity index (χ2n) is 7.47. The van der Waals surface area contributed by atoms with Gasteiger partial charge in [0, 0.05) is 40.0 Å². The van der Waals surface area contributed by atoms with E-state index < -0.39 is 0 Å². The maximum Gasteiger partial charge on any atom is 0.0805 e. The van der Waals surface area contributed by atoms with Crippen molar-refractivity contribution < 1.29 is 0 Å². The van der Waals surface area contributed by atoms with E-state index in [4.69, 9.17) is 0 Å². The molecule has 0 aliphatic carbocycles. The molecule has 3 aromatic heterocycles. The Labute approximate surface area is 222 Å². The van der Waals surface area contributed by atoms with Gasteiger partial charge in [-0.15, -0.1) is 34.0 Å². The molecular formula is C28H17IS4. The average Bonchev–Trinajstić information content (AvgIpc) is 3.50. The van der Waals surface area contributed by atoms with Crippen LogP contribution >= 0.6 is 68.4 Å². The van der Waals surface area contributed by atoms with Crippen LogP contribution < -0.4 is 0 Å². The van der Waals surface area contributed by atoms with Crippen LogP contribution in [0.5, 0.6) is 0 Å². The fourth-order valence-corrected chi connectivity index (χ4v) is 9.87. The Kier molecular flexibility index (Phi) is 6.15. The van der Waals surface area contributed by atoms with Crippen LogP contribution in [0.4, 0.5) is 0 Å². The van der Waals surface area contributed by atoms with Crippen molar-refractivity contribution in [3.8, 4) is 0 Å². The Morgan fingerprint density at radius 1 is 0.485 bits per heavy atom. The van der Waals surface area contributed by atoms with Crippen molar-refractivity contribution in [2.45, 2.75) is 9.79 Å². The second-order valence-corrected chi connectivity index (χ2v) is 13.5. The first kappa shape index (κ1) is 21.6. The van der Waals surface area contributed by atoms with Gasteiger partial charge in [-0.1, -0.05) is 84.6 Å². The Bertz CT molecular complexity index is 1640. The topological polar surface area (TPSA) is 0 Å². The van der Waals surface area contributed by atoms with Crippen molar-refractivity contribution in [1.29, 1.82) is 0 Å². The Morgan fingerprint density at radius 2 is 0.939 bits per heavy atom. The SMILES string of the molecule is Ic1sc2ccccc2c1Sc1ccccc1.c1ccc2c(c1)sc1c3ccccc3sc21. The highest BCUT2D eigenvalue weighted by Gasteiger charge is 2.11. The van der Waals surface area contributed by atoms with Crippen molar-refractivity contribution in [1.82, 2.24) is 0 Å². The van der Waals surface area contributed by atoms with Crippen molar-refractivity contribution in [2.24, 2.45) is 0 Å². The van der Waals surface area contributed by atoms with Crippen LogP contribution in [-0.2, 0) is 0 Å². The minimum atomic E-state index is 1.30. The predicted molar refractivity (Wildman–Crippen MR) is 160 cm³/mol. The molecule has 4 aromatic carbocycles. The van der Waals surface area contributed by atoms with Gasteiger partial charge >= 0.3 is 0 Å². The van der Waals surface area contributed by atoms with Gasteiger partial charge in [0.25, 0.3) is 0 Å². The molecule has 3 heterocycles. The van der Waals surface area contributed by atoms with Gasteiger partial charge in [-0.25, -0.2) is 0 Å². The molecule has 0 nitrogen and oxygen atoms in total. The van der Waals surface area contributed by atoms with E-state index in [-0.39, 0.29) is 0 Å². The first-order chi connectivity index (χ1) is 16.3. The van der Waals surface area contributed by atoms with E-state index in [1.54, 1.807) is 0 Å². The van der Waals surface area contributed by atoms with E-state index in [1.807, 2.05) is 45.8 Å². The Morgan fingerprint density at radius 3 is 1.52 bits per heavy atom. The van der Waals surface area contributed by atoms with Crippen LogP contribution in [0.2, 0.25) is 0 Å². The molecule has 33 heavy (non-hydrogen) atoms. The lowest BCUT2D eigenvalue weighted by molar-refractivity contribution is 1.44. The molecule has 0 radical (unpaired) electrons. The molecule has 0 saturated heterocycles. The Balaban J connectivity index is 0.000000125. The van der Waals surface area contributed by atoms with Gasteiger partial charge in [-0.2, -0.15) is 0 Å². The third kappa shape index (κ3) is 4.21. The van der Waals surface area contributed by atoms with Gasteiger partial charge in [0.15, 0.2) is 0 Å². The molecule has 0 aliphatic rings. The van der Waals surface area contributed by atoms with Gasteiger partial charge in [0.1, 0.15) is 0 Å². The summed E-state index contributed by atoms with van der Waals surface area (Å²) >= 11 is 9.97. The normalized spacial score (nSPS) is 11.3. The summed E-state index contributed by atoms with van der Waals surface area (Å²) in [6.45, 7) is 0. The number of fused-ring (bicyclic) bond motifs is 6. The molecular weight excluding hydrogens is 591 g/mol. The number of hydrogen-bond donors (Lipinski definition) is 0. The van der Waals surface area contributed by atoms with E-state index >= 15 is 0 Å². The van der Waals surface area contributed by atoms with Gasteiger partial charge in [0.2, 0.25) is 0 Å². The first-order valence-electron chi connectivity index (χ1n) is 10.5. The van der Waals surface area contributed by atoms with E-state index in [2.05, 4.69) is 126 Å². The van der Waals surface area contributed by atoms with Gasteiger partial charge in [0.05, 0.1) is 12.3 Å². The van der Waals surface area contributed by atoms with Crippen LogP contribution in [0.15, 0.2) is 113 Å². The highest BCUT2D eigenvalue weighted by atomic mass is 127. The number of hydrogen-bond acceptors (Lipinski definition) is 4. The maximum atomic E-state index is 2.44. The zero-order chi connectivity index (χ0) is 22.2. The summed E-state index contributed by atoms with van der Waals surface area (Å²) in [6, 6.07) is 36.5. The lowest BCUT2D eigenvalue weighted by Gasteiger charge is -2.00. The molecule has 0 spiro atoms. The van der Waals surface area contributed by atoms with E-state index in [9.17, 15) is 0 Å². The maximum absolute atomic E-state index is 2.44. The second kappa shape index (κ2) is 9.39. The summed E-state index contributed by atoms with van der Waals surface area (Å²) in [5.41, 5.74) is 0. The summed E-state index contributed by atoms with van der Waals surface area (Å²) < 4.78 is 8.43. The van der Waals surface area contributed by atoms with Crippen molar-refractivity contribution >= 4 is 108 Å². The first-order valence-corrected chi connectivity index (χ1v) is 14.8. The molecule has 0 atom stereocenters. The molecule has 0 bridgehead atoms. The largest absolute Gasteiger partial charge is 0.134 e. The number of halogens is 1. The third-order valence-electron chi connectivity index (χ3n) is 5.37. The van der Waals surface area contributed by atoms with Crippen LogP contribution in [-0.4, -0.2) is 0 Å². The quantitative estimate of drug-likeness (QED) is 0.176. The molecule has 0 unspecified atom stereocenters. The van der Waals surface area contributed by atoms with E-state index in [1.165, 1.54) is 52.3 Å². The third-order valence-corrected chi connectivity index (χ3v) is 11.7. The molecule has 0 aliphatic heterocycles. The van der Waals surface area contributed by atoms with Crippen LogP contribution in [0.3, 0.4) is 0 Å². The van der Waals surface area contributed by atoms with Crippen LogP contribution in [0, 0.1) is 2.88 Å². The molecule has 7 aromatic rings. The number of thiophene rings is 3. The standard InChI is InChI=1S/C14H9IS2.C14H8S2/c15-14-13(16-10-6-2-1-3-7-10)11-8-4-5-9-12(11)17-14;1-3-7-11-9(5-1)13-14(15-11)10-6-2-4-8-12(10)16-13/h1-9H;1-8H. The lowest BCUT2D eigenvalue weighted by Crippen LogP contribution is -1.73. The summed E-state index contributed by atoms with van der Waals surface area (Å²) in [6.07, 6.45) is 0. The zero-order valence-electron chi connectivity index (χ0n) is 17.3.